The Balaban J connectivity index is 1.88. The number of sulfonamides is 2. The van der Waals surface area contributed by atoms with Gasteiger partial charge in [-0.05, 0) is 62.4 Å². The first kappa shape index (κ1) is 23.8. The van der Waals surface area contributed by atoms with E-state index in [9.17, 15) is 21.6 Å². The Morgan fingerprint density at radius 1 is 0.867 bits per heavy atom. The fourth-order valence-electron chi connectivity index (χ4n) is 2.47. The predicted octanol–water partition coefficient (Wildman–Crippen LogP) is 1.09. The summed E-state index contributed by atoms with van der Waals surface area (Å²) in [4.78, 5) is 12.3. The van der Waals surface area contributed by atoms with Crippen molar-refractivity contribution in [3.63, 3.8) is 0 Å². The first-order valence-corrected chi connectivity index (χ1v) is 12.1. The van der Waals surface area contributed by atoms with Crippen molar-refractivity contribution in [1.82, 2.24) is 14.8 Å². The van der Waals surface area contributed by atoms with Gasteiger partial charge in [0.1, 0.15) is 5.75 Å². The minimum atomic E-state index is -3.71. The van der Waals surface area contributed by atoms with Crippen LogP contribution in [0, 0.1) is 0 Å². The van der Waals surface area contributed by atoms with Gasteiger partial charge in [0.15, 0.2) is 0 Å². The summed E-state index contributed by atoms with van der Waals surface area (Å²) >= 11 is 0. The lowest BCUT2D eigenvalue weighted by Crippen LogP contribution is -2.34. The van der Waals surface area contributed by atoms with Crippen LogP contribution in [-0.2, 0) is 20.0 Å². The standard InChI is InChI=1S/C19H25N3O6S2/c1-14(2)22-30(26,27)18-8-4-15(5-9-18)19(23)20-12-13-21-29(24,25)17-10-6-16(28-3)7-11-17/h4-11,14,21-22H,12-13H2,1-3H3,(H,20,23). The second kappa shape index (κ2) is 10.0. The van der Waals surface area contributed by atoms with Crippen LogP contribution in [-0.4, -0.2) is 49.0 Å². The van der Waals surface area contributed by atoms with Gasteiger partial charge in [-0.3, -0.25) is 4.79 Å². The Bertz CT molecular complexity index is 1060. The van der Waals surface area contributed by atoms with Crippen molar-refractivity contribution in [2.45, 2.75) is 29.7 Å². The summed E-state index contributed by atoms with van der Waals surface area (Å²) in [6.07, 6.45) is 0. The molecule has 0 aliphatic carbocycles. The van der Waals surface area contributed by atoms with Gasteiger partial charge >= 0.3 is 0 Å². The van der Waals surface area contributed by atoms with E-state index in [0.717, 1.165) is 0 Å². The van der Waals surface area contributed by atoms with Crippen molar-refractivity contribution in [2.75, 3.05) is 20.2 Å². The topological polar surface area (TPSA) is 131 Å². The highest BCUT2D eigenvalue weighted by molar-refractivity contribution is 7.89. The fraction of sp³-hybridized carbons (Fsp3) is 0.316. The van der Waals surface area contributed by atoms with Crippen LogP contribution < -0.4 is 19.5 Å². The van der Waals surface area contributed by atoms with Crippen molar-refractivity contribution in [2.24, 2.45) is 0 Å². The van der Waals surface area contributed by atoms with Gasteiger partial charge in [0.05, 0.1) is 16.9 Å². The number of carbonyl (C=O) groups is 1. The minimum Gasteiger partial charge on any atom is -0.497 e. The molecule has 0 aliphatic rings. The summed E-state index contributed by atoms with van der Waals surface area (Å²) in [5, 5.41) is 2.58. The summed E-state index contributed by atoms with van der Waals surface area (Å²) in [6, 6.07) is 11.1. The largest absolute Gasteiger partial charge is 0.497 e. The van der Waals surface area contributed by atoms with Gasteiger partial charge in [0.25, 0.3) is 5.91 Å². The highest BCUT2D eigenvalue weighted by Gasteiger charge is 2.16. The van der Waals surface area contributed by atoms with E-state index in [1.807, 2.05) is 0 Å². The Labute approximate surface area is 176 Å². The average Bonchev–Trinajstić information content (AvgIpc) is 2.70. The van der Waals surface area contributed by atoms with Crippen LogP contribution in [0.4, 0.5) is 0 Å². The lowest BCUT2D eigenvalue weighted by Gasteiger charge is -2.11. The third kappa shape index (κ3) is 6.52. The van der Waals surface area contributed by atoms with Gasteiger partial charge in [0, 0.05) is 24.7 Å². The van der Waals surface area contributed by atoms with E-state index in [4.69, 9.17) is 4.74 Å². The lowest BCUT2D eigenvalue weighted by molar-refractivity contribution is 0.0954. The van der Waals surface area contributed by atoms with Crippen LogP contribution in [0.2, 0.25) is 0 Å². The minimum absolute atomic E-state index is 0.00905. The maximum Gasteiger partial charge on any atom is 0.251 e. The number of hydrogen-bond acceptors (Lipinski definition) is 6. The van der Waals surface area contributed by atoms with Crippen LogP contribution in [0.15, 0.2) is 58.3 Å². The number of ether oxygens (including phenoxy) is 1. The number of hydrogen-bond donors (Lipinski definition) is 3. The molecule has 0 atom stereocenters. The van der Waals surface area contributed by atoms with Gasteiger partial charge in [-0.25, -0.2) is 26.3 Å². The monoisotopic (exact) mass is 455 g/mol. The first-order valence-electron chi connectivity index (χ1n) is 9.09. The summed E-state index contributed by atoms with van der Waals surface area (Å²) < 4.78 is 58.5. The zero-order valence-corrected chi connectivity index (χ0v) is 18.5. The van der Waals surface area contributed by atoms with E-state index in [1.165, 1.54) is 55.6 Å². The lowest BCUT2D eigenvalue weighted by atomic mass is 10.2. The van der Waals surface area contributed by atoms with Crippen molar-refractivity contribution in [1.29, 1.82) is 0 Å². The van der Waals surface area contributed by atoms with E-state index in [1.54, 1.807) is 13.8 Å². The molecule has 2 aromatic carbocycles. The number of methoxy groups -OCH3 is 1. The maximum absolute atomic E-state index is 12.2. The number of nitrogens with one attached hydrogen (secondary N) is 3. The van der Waals surface area contributed by atoms with Gasteiger partial charge < -0.3 is 10.1 Å². The molecule has 0 aromatic heterocycles. The van der Waals surface area contributed by atoms with Gasteiger partial charge in [-0.2, -0.15) is 0 Å². The third-order valence-corrected chi connectivity index (χ3v) is 7.04. The number of carbonyl (C=O) groups excluding carboxylic acids is 1. The quantitative estimate of drug-likeness (QED) is 0.460. The molecule has 9 nitrogen and oxygen atoms in total. The van der Waals surface area contributed by atoms with Gasteiger partial charge in [-0.15, -0.1) is 0 Å². The van der Waals surface area contributed by atoms with Crippen LogP contribution >= 0.6 is 0 Å². The van der Waals surface area contributed by atoms with Gasteiger partial charge in [-0.1, -0.05) is 0 Å². The zero-order valence-electron chi connectivity index (χ0n) is 16.9. The molecule has 0 saturated heterocycles. The smallest absolute Gasteiger partial charge is 0.251 e. The number of benzene rings is 2. The van der Waals surface area contributed by atoms with Crippen molar-refractivity contribution in [3.05, 3.63) is 54.1 Å². The highest BCUT2D eigenvalue weighted by atomic mass is 32.2. The van der Waals surface area contributed by atoms with Gasteiger partial charge in [0.2, 0.25) is 20.0 Å². The van der Waals surface area contributed by atoms with Crippen LogP contribution in [0.1, 0.15) is 24.2 Å². The number of amides is 1. The third-order valence-electron chi connectivity index (χ3n) is 3.89. The Morgan fingerprint density at radius 2 is 1.40 bits per heavy atom. The van der Waals surface area contributed by atoms with E-state index >= 15 is 0 Å². The summed E-state index contributed by atoms with van der Waals surface area (Å²) in [7, 11) is -5.86. The number of rotatable bonds is 10. The predicted molar refractivity (Wildman–Crippen MR) is 112 cm³/mol. The molecule has 1 amide bonds. The molecular formula is C19H25N3O6S2. The molecule has 3 N–H and O–H groups in total. The average molecular weight is 456 g/mol. The van der Waals surface area contributed by atoms with Crippen LogP contribution in [0.5, 0.6) is 5.75 Å². The normalized spacial score (nSPS) is 12.0. The van der Waals surface area contributed by atoms with Crippen LogP contribution in [0.3, 0.4) is 0 Å². The Morgan fingerprint density at radius 3 is 1.93 bits per heavy atom. The van der Waals surface area contributed by atoms with E-state index in [2.05, 4.69) is 14.8 Å². The SMILES string of the molecule is COc1ccc(S(=O)(=O)NCCNC(=O)c2ccc(S(=O)(=O)NC(C)C)cc2)cc1. The molecule has 2 aromatic rings. The van der Waals surface area contributed by atoms with E-state index in [-0.39, 0.29) is 34.5 Å². The molecule has 30 heavy (non-hydrogen) atoms. The highest BCUT2D eigenvalue weighted by Crippen LogP contribution is 2.15. The fourth-order valence-corrected chi connectivity index (χ4v) is 4.75. The molecule has 0 spiro atoms. The van der Waals surface area contributed by atoms with Crippen LogP contribution in [0.25, 0.3) is 0 Å². The molecule has 2 rings (SSSR count). The van der Waals surface area contributed by atoms with E-state index in [0.29, 0.717) is 5.75 Å². The second-order valence-electron chi connectivity index (χ2n) is 6.63. The Hall–Kier alpha value is -2.47. The maximum atomic E-state index is 12.2. The molecular weight excluding hydrogens is 430 g/mol. The van der Waals surface area contributed by atoms with Crippen molar-refractivity contribution in [3.8, 4) is 5.75 Å². The first-order chi connectivity index (χ1) is 14.0. The molecule has 11 heteroatoms. The van der Waals surface area contributed by atoms with Crippen molar-refractivity contribution >= 4 is 26.0 Å². The van der Waals surface area contributed by atoms with Crippen molar-refractivity contribution < 1.29 is 26.4 Å². The van der Waals surface area contributed by atoms with E-state index < -0.39 is 26.0 Å². The zero-order chi connectivity index (χ0) is 22.4. The summed E-state index contributed by atoms with van der Waals surface area (Å²) in [5.74, 6) is 0.0967. The molecule has 0 bridgehead atoms. The molecule has 0 aliphatic heterocycles. The Kier molecular flexibility index (Phi) is 7.96. The molecule has 0 heterocycles. The molecule has 0 fully saturated rings. The molecule has 0 radical (unpaired) electrons. The molecule has 0 saturated carbocycles. The molecule has 164 valence electrons. The second-order valence-corrected chi connectivity index (χ2v) is 10.1. The summed E-state index contributed by atoms with van der Waals surface area (Å²) in [5.41, 5.74) is 0.261. The molecule has 0 unspecified atom stereocenters. The summed E-state index contributed by atoms with van der Waals surface area (Å²) in [6.45, 7) is 3.47.